The van der Waals surface area contributed by atoms with E-state index >= 15 is 0 Å². The van der Waals surface area contributed by atoms with Gasteiger partial charge in [0.25, 0.3) is 5.91 Å². The van der Waals surface area contributed by atoms with Gasteiger partial charge >= 0.3 is 5.97 Å². The number of carbonyl (C=O) groups is 2. The first-order valence-corrected chi connectivity index (χ1v) is 5.08. The first-order valence-electron chi connectivity index (χ1n) is 5.08. The first-order chi connectivity index (χ1) is 9.00. The predicted molar refractivity (Wildman–Crippen MR) is 64.3 cm³/mol. The smallest absolute Gasteiger partial charge is 0.356 e. The lowest BCUT2D eigenvalue weighted by atomic mass is 10.4. The maximum absolute atomic E-state index is 10.3. The molecule has 1 amide bonds. The highest BCUT2D eigenvalue weighted by Gasteiger charge is 2.01. The molecule has 0 aliphatic carbocycles. The summed E-state index contributed by atoms with van der Waals surface area (Å²) in [4.78, 5) is 35.2. The molecule has 0 fully saturated rings. The first kappa shape index (κ1) is 14.2. The Kier molecular flexibility index (Phi) is 5.03. The number of carboxylic acids is 1. The molecule has 0 aromatic carbocycles. The molecule has 98 valence electrons. The van der Waals surface area contributed by atoms with Crippen molar-refractivity contribution in [2.45, 2.75) is 6.92 Å². The van der Waals surface area contributed by atoms with Crippen LogP contribution >= 0.6 is 0 Å². The molecule has 2 aromatic heterocycles. The lowest BCUT2D eigenvalue weighted by Gasteiger charge is -1.91. The molecule has 0 saturated carbocycles. The third-order valence-corrected chi connectivity index (χ3v) is 1.82. The van der Waals surface area contributed by atoms with Gasteiger partial charge in [-0.1, -0.05) is 0 Å². The Hall–Kier alpha value is -2.90. The fourth-order valence-electron chi connectivity index (χ4n) is 0.929. The number of nitrogens with two attached hydrogens (primary N) is 1. The van der Waals surface area contributed by atoms with E-state index < -0.39 is 11.9 Å². The van der Waals surface area contributed by atoms with Crippen molar-refractivity contribution in [2.75, 3.05) is 0 Å². The minimum Gasteiger partial charge on any atom is -0.476 e. The number of primary amides is 1. The summed E-state index contributed by atoms with van der Waals surface area (Å²) in [5.41, 5.74) is 5.75. The Balaban J connectivity index is 0.000000191. The normalized spacial score (nSPS) is 9.11. The van der Waals surface area contributed by atoms with Crippen LogP contribution in [0.4, 0.5) is 0 Å². The van der Waals surface area contributed by atoms with E-state index in [1.807, 2.05) is 0 Å². The molecule has 0 aliphatic heterocycles. The average Bonchev–Trinajstić information content (AvgIpc) is 2.41. The quantitative estimate of drug-likeness (QED) is 0.780. The zero-order valence-corrected chi connectivity index (χ0v) is 10.0. The molecule has 0 spiro atoms. The molecule has 0 aliphatic rings. The third kappa shape index (κ3) is 4.86. The lowest BCUT2D eigenvalue weighted by molar-refractivity contribution is 0.0689. The molecule has 8 heteroatoms. The van der Waals surface area contributed by atoms with Gasteiger partial charge in [0.1, 0.15) is 5.69 Å². The van der Waals surface area contributed by atoms with Crippen molar-refractivity contribution < 1.29 is 14.7 Å². The summed E-state index contributed by atoms with van der Waals surface area (Å²) in [6, 6.07) is 0. The Morgan fingerprint density at radius 2 is 1.79 bits per heavy atom. The van der Waals surface area contributed by atoms with Crippen molar-refractivity contribution in [3.8, 4) is 0 Å². The molecule has 8 nitrogen and oxygen atoms in total. The van der Waals surface area contributed by atoms with Gasteiger partial charge in [0.05, 0.1) is 18.1 Å². The molecule has 19 heavy (non-hydrogen) atoms. The van der Waals surface area contributed by atoms with Crippen LogP contribution in [0.15, 0.2) is 31.0 Å². The number of rotatable bonds is 2. The van der Waals surface area contributed by atoms with Gasteiger partial charge in [0, 0.05) is 18.6 Å². The van der Waals surface area contributed by atoms with Crippen LogP contribution in [0.5, 0.6) is 0 Å². The molecule has 3 N–H and O–H groups in total. The van der Waals surface area contributed by atoms with E-state index in [0.717, 1.165) is 0 Å². The van der Waals surface area contributed by atoms with Gasteiger partial charge < -0.3 is 10.8 Å². The Labute approximate surface area is 108 Å². The number of aryl methyl sites for hydroxylation is 1. The van der Waals surface area contributed by atoms with Crippen molar-refractivity contribution >= 4 is 11.9 Å². The minimum absolute atomic E-state index is 0.0226. The highest BCUT2D eigenvalue weighted by Crippen LogP contribution is 1.92. The maximum atomic E-state index is 10.3. The summed E-state index contributed by atoms with van der Waals surface area (Å²) < 4.78 is 0. The number of aromatic carboxylic acids is 1. The molecule has 2 heterocycles. The molecule has 0 atom stereocenters. The van der Waals surface area contributed by atoms with Crippen LogP contribution in [-0.4, -0.2) is 36.9 Å². The van der Waals surface area contributed by atoms with E-state index in [0.29, 0.717) is 5.69 Å². The number of hydrogen-bond acceptors (Lipinski definition) is 6. The highest BCUT2D eigenvalue weighted by atomic mass is 16.4. The summed E-state index contributed by atoms with van der Waals surface area (Å²) in [7, 11) is 0. The van der Waals surface area contributed by atoms with E-state index in [1.165, 1.54) is 31.0 Å². The number of amides is 1. The summed E-state index contributed by atoms with van der Waals surface area (Å²) >= 11 is 0. The largest absolute Gasteiger partial charge is 0.476 e. The van der Waals surface area contributed by atoms with Crippen molar-refractivity contribution in [3.63, 3.8) is 0 Å². The SMILES string of the molecule is Cc1cnc(C(=O)O)cn1.NC(=O)c1cnccn1. The Morgan fingerprint density at radius 1 is 1.05 bits per heavy atom. The Morgan fingerprint density at radius 3 is 2.16 bits per heavy atom. The molecule has 0 bridgehead atoms. The number of carbonyl (C=O) groups excluding carboxylic acids is 1. The van der Waals surface area contributed by atoms with E-state index in [1.54, 1.807) is 6.92 Å². The van der Waals surface area contributed by atoms with Gasteiger partial charge in [0.15, 0.2) is 5.69 Å². The van der Waals surface area contributed by atoms with Gasteiger partial charge in [-0.15, -0.1) is 0 Å². The van der Waals surface area contributed by atoms with Crippen molar-refractivity contribution in [2.24, 2.45) is 5.73 Å². The average molecular weight is 261 g/mol. The fraction of sp³-hybridized carbons (Fsp3) is 0.0909. The van der Waals surface area contributed by atoms with Gasteiger partial charge in [-0.25, -0.2) is 14.8 Å². The number of nitrogens with zero attached hydrogens (tertiary/aromatic N) is 4. The topological polar surface area (TPSA) is 132 Å². The van der Waals surface area contributed by atoms with Crippen LogP contribution in [0, 0.1) is 6.92 Å². The number of hydrogen-bond donors (Lipinski definition) is 2. The second-order valence-electron chi connectivity index (χ2n) is 3.30. The molecular weight excluding hydrogens is 250 g/mol. The van der Waals surface area contributed by atoms with Gasteiger partial charge in [-0.2, -0.15) is 0 Å². The lowest BCUT2D eigenvalue weighted by Crippen LogP contribution is -2.12. The summed E-state index contributed by atoms with van der Waals surface area (Å²) in [6.07, 6.45) is 6.87. The van der Waals surface area contributed by atoms with E-state index in [-0.39, 0.29) is 11.4 Å². The summed E-state index contributed by atoms with van der Waals surface area (Å²) in [5, 5.41) is 8.37. The second-order valence-corrected chi connectivity index (χ2v) is 3.30. The molecule has 0 radical (unpaired) electrons. The van der Waals surface area contributed by atoms with Crippen molar-refractivity contribution in [1.29, 1.82) is 0 Å². The second kappa shape index (κ2) is 6.74. The minimum atomic E-state index is -1.05. The van der Waals surface area contributed by atoms with Crippen LogP contribution in [0.3, 0.4) is 0 Å². The van der Waals surface area contributed by atoms with Gasteiger partial charge in [0.2, 0.25) is 0 Å². The summed E-state index contributed by atoms with van der Waals surface area (Å²) in [6.45, 7) is 1.75. The van der Waals surface area contributed by atoms with Crippen LogP contribution in [0.25, 0.3) is 0 Å². The monoisotopic (exact) mass is 261 g/mol. The van der Waals surface area contributed by atoms with E-state index in [4.69, 9.17) is 10.8 Å². The van der Waals surface area contributed by atoms with Gasteiger partial charge in [-0.3, -0.25) is 14.8 Å². The third-order valence-electron chi connectivity index (χ3n) is 1.82. The predicted octanol–water partition coefficient (Wildman–Crippen LogP) is 0.0587. The van der Waals surface area contributed by atoms with E-state index in [9.17, 15) is 9.59 Å². The number of aromatic nitrogens is 4. The Bertz CT molecular complexity index is 556. The highest BCUT2D eigenvalue weighted by molar-refractivity contribution is 5.90. The molecular formula is C11H11N5O3. The van der Waals surface area contributed by atoms with Crippen molar-refractivity contribution in [3.05, 3.63) is 48.1 Å². The fourth-order valence-corrected chi connectivity index (χ4v) is 0.929. The molecule has 0 unspecified atom stereocenters. The van der Waals surface area contributed by atoms with Crippen LogP contribution in [0.1, 0.15) is 26.7 Å². The maximum Gasteiger partial charge on any atom is 0.356 e. The van der Waals surface area contributed by atoms with E-state index in [2.05, 4.69) is 19.9 Å². The molecule has 2 rings (SSSR count). The summed E-state index contributed by atoms with van der Waals surface area (Å²) in [5.74, 6) is -1.60. The van der Waals surface area contributed by atoms with Crippen LogP contribution in [-0.2, 0) is 0 Å². The zero-order chi connectivity index (χ0) is 14.3. The van der Waals surface area contributed by atoms with Gasteiger partial charge in [-0.05, 0) is 6.92 Å². The van der Waals surface area contributed by atoms with Crippen LogP contribution < -0.4 is 5.73 Å². The number of carboxylic acid groups (broad SMARTS) is 1. The van der Waals surface area contributed by atoms with Crippen molar-refractivity contribution in [1.82, 2.24) is 19.9 Å². The zero-order valence-electron chi connectivity index (χ0n) is 10.0. The molecule has 2 aromatic rings. The standard InChI is InChI=1S/C6H6N2O2.C5H5N3O/c1-4-2-8-5(3-7-4)6(9)10;6-5(9)4-3-7-1-2-8-4/h2-3H,1H3,(H,9,10);1-3H,(H2,6,9). The molecule has 0 saturated heterocycles. The van der Waals surface area contributed by atoms with Crippen LogP contribution in [0.2, 0.25) is 0 Å².